The van der Waals surface area contributed by atoms with E-state index < -0.39 is 0 Å². The van der Waals surface area contributed by atoms with Crippen LogP contribution < -0.4 is 15.8 Å². The summed E-state index contributed by atoms with van der Waals surface area (Å²) < 4.78 is 5.61. The van der Waals surface area contributed by atoms with Crippen molar-refractivity contribution >= 4 is 17.3 Å². The van der Waals surface area contributed by atoms with Gasteiger partial charge in [0, 0.05) is 12.1 Å². The molecule has 2 aromatic rings. The minimum atomic E-state index is 0.00962. The summed E-state index contributed by atoms with van der Waals surface area (Å²) in [6.45, 7) is 4.79. The minimum absolute atomic E-state index is 0.00962. The predicted molar refractivity (Wildman–Crippen MR) is 99.4 cm³/mol. The zero-order valence-electron chi connectivity index (χ0n) is 14.4. The van der Waals surface area contributed by atoms with Gasteiger partial charge in [0.05, 0.1) is 12.3 Å². The lowest BCUT2D eigenvalue weighted by Gasteiger charge is -2.15. The normalized spacial score (nSPS) is 11.8. The van der Waals surface area contributed by atoms with Gasteiger partial charge >= 0.3 is 0 Å². The third kappa shape index (κ3) is 5.01. The molecule has 4 heteroatoms. The van der Waals surface area contributed by atoms with Crippen LogP contribution in [0.5, 0.6) is 5.75 Å². The Morgan fingerprint density at radius 2 is 1.88 bits per heavy atom. The van der Waals surface area contributed by atoms with E-state index in [0.717, 1.165) is 12.1 Å². The van der Waals surface area contributed by atoms with Crippen LogP contribution in [0.4, 0.5) is 11.4 Å². The molecule has 0 saturated heterocycles. The molecule has 0 saturated carbocycles. The molecular weight excluding hydrogens is 300 g/mol. The fourth-order valence-corrected chi connectivity index (χ4v) is 2.50. The molecule has 0 fully saturated rings. The van der Waals surface area contributed by atoms with Crippen LogP contribution >= 0.6 is 0 Å². The van der Waals surface area contributed by atoms with Crippen molar-refractivity contribution in [1.82, 2.24) is 0 Å². The average molecular weight is 326 g/mol. The number of nitrogens with two attached hydrogens (primary N) is 1. The average Bonchev–Trinajstić information content (AvgIpc) is 2.60. The minimum Gasteiger partial charge on any atom is -0.491 e. The molecule has 4 nitrogen and oxygen atoms in total. The number of carbonyl (C=O) groups is 1. The summed E-state index contributed by atoms with van der Waals surface area (Å²) in [5.74, 6) is 1.10. The Bertz CT molecular complexity index is 670. The topological polar surface area (TPSA) is 64.3 Å². The smallest absolute Gasteiger partial charge is 0.224 e. The van der Waals surface area contributed by atoms with Gasteiger partial charge in [-0.15, -0.1) is 0 Å². The lowest BCUT2D eigenvalue weighted by molar-refractivity contribution is -0.116. The maximum atomic E-state index is 12.2. The van der Waals surface area contributed by atoms with E-state index in [2.05, 4.69) is 25.2 Å². The molecule has 0 aliphatic carbocycles. The van der Waals surface area contributed by atoms with Gasteiger partial charge in [0.1, 0.15) is 5.75 Å². The summed E-state index contributed by atoms with van der Waals surface area (Å²) in [5.41, 5.74) is 8.52. The molecule has 2 rings (SSSR count). The third-order valence-corrected chi connectivity index (χ3v) is 4.10. The van der Waals surface area contributed by atoms with Crippen LogP contribution in [0.15, 0.2) is 48.5 Å². The first kappa shape index (κ1) is 17.9. The molecule has 1 atom stereocenters. The van der Waals surface area contributed by atoms with Crippen molar-refractivity contribution in [2.24, 2.45) is 0 Å². The summed E-state index contributed by atoms with van der Waals surface area (Å²) in [7, 11) is 0. The number of amides is 1. The number of nitrogen functional groups attached to an aromatic ring is 1. The SMILES string of the molecule is CCC(C)c1ccccc1NC(=O)CCCOc1ccccc1N. The van der Waals surface area contributed by atoms with Crippen LogP contribution in [0.1, 0.15) is 44.6 Å². The molecule has 24 heavy (non-hydrogen) atoms. The van der Waals surface area contributed by atoms with Crippen molar-refractivity contribution in [3.05, 3.63) is 54.1 Å². The Hall–Kier alpha value is -2.49. The molecule has 0 radical (unpaired) electrons. The molecule has 0 bridgehead atoms. The standard InChI is InChI=1S/C20H26N2O2/c1-3-15(2)16-9-4-6-11-18(16)22-20(23)13-8-14-24-19-12-7-5-10-17(19)21/h4-7,9-12,15H,3,8,13-14,21H2,1-2H3,(H,22,23). The van der Waals surface area contributed by atoms with E-state index in [9.17, 15) is 4.79 Å². The van der Waals surface area contributed by atoms with E-state index in [-0.39, 0.29) is 5.91 Å². The van der Waals surface area contributed by atoms with Crippen molar-refractivity contribution in [3.8, 4) is 5.75 Å². The zero-order valence-corrected chi connectivity index (χ0v) is 14.4. The van der Waals surface area contributed by atoms with E-state index in [1.807, 2.05) is 36.4 Å². The molecule has 0 heterocycles. The van der Waals surface area contributed by atoms with Gasteiger partial charge in [-0.25, -0.2) is 0 Å². The van der Waals surface area contributed by atoms with Crippen LogP contribution in [-0.2, 0) is 4.79 Å². The van der Waals surface area contributed by atoms with Gasteiger partial charge in [0.15, 0.2) is 0 Å². The van der Waals surface area contributed by atoms with Crippen LogP contribution in [0, 0.1) is 0 Å². The Balaban J connectivity index is 1.81. The summed E-state index contributed by atoms with van der Waals surface area (Å²) in [6, 6.07) is 15.4. The van der Waals surface area contributed by atoms with Crippen molar-refractivity contribution in [2.45, 2.75) is 39.0 Å². The first-order chi connectivity index (χ1) is 11.6. The molecule has 0 aromatic heterocycles. The lowest BCUT2D eigenvalue weighted by Crippen LogP contribution is -2.14. The Morgan fingerprint density at radius 3 is 2.62 bits per heavy atom. The van der Waals surface area contributed by atoms with E-state index >= 15 is 0 Å². The number of ether oxygens (including phenoxy) is 1. The molecule has 128 valence electrons. The quantitative estimate of drug-likeness (QED) is 0.551. The number of anilines is 2. The first-order valence-corrected chi connectivity index (χ1v) is 8.48. The molecule has 0 aliphatic heterocycles. The van der Waals surface area contributed by atoms with Gasteiger partial charge in [0.25, 0.3) is 0 Å². The molecule has 1 amide bonds. The maximum Gasteiger partial charge on any atom is 0.224 e. The fraction of sp³-hybridized carbons (Fsp3) is 0.350. The summed E-state index contributed by atoms with van der Waals surface area (Å²) >= 11 is 0. The zero-order chi connectivity index (χ0) is 17.4. The van der Waals surface area contributed by atoms with E-state index in [1.54, 1.807) is 6.07 Å². The Morgan fingerprint density at radius 1 is 1.17 bits per heavy atom. The summed E-state index contributed by atoms with van der Waals surface area (Å²) in [4.78, 5) is 12.2. The van der Waals surface area contributed by atoms with E-state index in [0.29, 0.717) is 36.8 Å². The van der Waals surface area contributed by atoms with E-state index in [1.165, 1.54) is 5.56 Å². The van der Waals surface area contributed by atoms with Crippen molar-refractivity contribution in [3.63, 3.8) is 0 Å². The van der Waals surface area contributed by atoms with Gasteiger partial charge in [-0.3, -0.25) is 4.79 Å². The number of nitrogens with one attached hydrogen (secondary N) is 1. The lowest BCUT2D eigenvalue weighted by atomic mass is 9.97. The van der Waals surface area contributed by atoms with Crippen LogP contribution in [-0.4, -0.2) is 12.5 Å². The predicted octanol–water partition coefficient (Wildman–Crippen LogP) is 4.58. The van der Waals surface area contributed by atoms with Crippen LogP contribution in [0.25, 0.3) is 0 Å². The molecule has 1 unspecified atom stereocenters. The second-order valence-corrected chi connectivity index (χ2v) is 5.93. The van der Waals surface area contributed by atoms with Crippen molar-refractivity contribution < 1.29 is 9.53 Å². The van der Waals surface area contributed by atoms with Gasteiger partial charge in [-0.05, 0) is 42.5 Å². The van der Waals surface area contributed by atoms with Gasteiger partial charge in [0.2, 0.25) is 5.91 Å². The number of carbonyl (C=O) groups excluding carboxylic acids is 1. The van der Waals surface area contributed by atoms with Crippen LogP contribution in [0.3, 0.4) is 0 Å². The number of rotatable bonds is 8. The number of hydrogen-bond acceptors (Lipinski definition) is 3. The Labute approximate surface area is 144 Å². The van der Waals surface area contributed by atoms with Gasteiger partial charge < -0.3 is 15.8 Å². The maximum absolute atomic E-state index is 12.2. The molecule has 0 aliphatic rings. The van der Waals surface area contributed by atoms with Crippen molar-refractivity contribution in [2.75, 3.05) is 17.7 Å². The second kappa shape index (κ2) is 8.96. The van der Waals surface area contributed by atoms with Gasteiger partial charge in [-0.2, -0.15) is 0 Å². The highest BCUT2D eigenvalue weighted by atomic mass is 16.5. The fourth-order valence-electron chi connectivity index (χ4n) is 2.50. The number of para-hydroxylation sites is 3. The molecular formula is C20H26N2O2. The largest absolute Gasteiger partial charge is 0.491 e. The highest BCUT2D eigenvalue weighted by molar-refractivity contribution is 5.91. The van der Waals surface area contributed by atoms with E-state index in [4.69, 9.17) is 10.5 Å². The van der Waals surface area contributed by atoms with Gasteiger partial charge in [-0.1, -0.05) is 44.2 Å². The Kier molecular flexibility index (Phi) is 6.67. The number of benzene rings is 2. The first-order valence-electron chi connectivity index (χ1n) is 8.48. The highest BCUT2D eigenvalue weighted by Gasteiger charge is 2.11. The number of hydrogen-bond donors (Lipinski definition) is 2. The summed E-state index contributed by atoms with van der Waals surface area (Å²) in [6.07, 6.45) is 2.10. The second-order valence-electron chi connectivity index (χ2n) is 5.93. The highest BCUT2D eigenvalue weighted by Crippen LogP contribution is 2.26. The molecule has 0 spiro atoms. The molecule has 3 N–H and O–H groups in total. The molecule has 2 aromatic carbocycles. The summed E-state index contributed by atoms with van der Waals surface area (Å²) in [5, 5.41) is 3.02. The van der Waals surface area contributed by atoms with Crippen LogP contribution in [0.2, 0.25) is 0 Å². The van der Waals surface area contributed by atoms with Crippen molar-refractivity contribution in [1.29, 1.82) is 0 Å². The third-order valence-electron chi connectivity index (χ3n) is 4.10. The monoisotopic (exact) mass is 326 g/mol.